The molecule has 0 saturated heterocycles. The molecule has 3 rings (SSSR count). The van der Waals surface area contributed by atoms with Crippen molar-refractivity contribution in [1.29, 1.82) is 5.26 Å². The van der Waals surface area contributed by atoms with Gasteiger partial charge in [-0.3, -0.25) is 0 Å². The van der Waals surface area contributed by atoms with Gasteiger partial charge in [0, 0.05) is 5.70 Å². The lowest BCUT2D eigenvalue weighted by Crippen LogP contribution is -2.07. The zero-order valence-electron chi connectivity index (χ0n) is 17.7. The quantitative estimate of drug-likeness (QED) is 0.332. The van der Waals surface area contributed by atoms with Gasteiger partial charge in [-0.2, -0.15) is 5.26 Å². The third-order valence-corrected chi connectivity index (χ3v) is 4.74. The van der Waals surface area contributed by atoms with Gasteiger partial charge in [-0.05, 0) is 55.3 Å². The maximum absolute atomic E-state index is 12.9. The monoisotopic (exact) mass is 408 g/mol. The van der Waals surface area contributed by atoms with E-state index in [0.29, 0.717) is 11.1 Å². The lowest BCUT2D eigenvalue weighted by Gasteiger charge is -2.16. The van der Waals surface area contributed by atoms with E-state index in [0.717, 1.165) is 28.2 Å². The number of carbonyl (C=O) groups is 1. The van der Waals surface area contributed by atoms with Gasteiger partial charge in [-0.1, -0.05) is 61.2 Å². The second-order valence-electron chi connectivity index (χ2n) is 6.73. The minimum absolute atomic E-state index is 0.286. The fourth-order valence-corrected chi connectivity index (χ4v) is 3.45. The Kier molecular flexibility index (Phi) is 7.03. The molecule has 4 nitrogen and oxygen atoms in total. The smallest absolute Gasteiger partial charge is 0.340 e. The molecule has 0 radical (unpaired) electrons. The molecule has 1 aromatic heterocycles. The number of hydrogen-bond acceptors (Lipinski definition) is 3. The average Bonchev–Trinajstić information content (AvgIpc) is 3.20. The second kappa shape index (κ2) is 10.1. The second-order valence-corrected chi connectivity index (χ2v) is 6.73. The van der Waals surface area contributed by atoms with Crippen LogP contribution in [0.3, 0.4) is 0 Å². The zero-order valence-corrected chi connectivity index (χ0v) is 17.7. The first kappa shape index (κ1) is 21.6. The molecule has 0 spiro atoms. The first-order valence-corrected chi connectivity index (χ1v) is 10.1. The van der Waals surface area contributed by atoms with E-state index in [1.165, 1.54) is 0 Å². The zero-order chi connectivity index (χ0) is 22.2. The third-order valence-electron chi connectivity index (χ3n) is 4.74. The summed E-state index contributed by atoms with van der Waals surface area (Å²) in [5.74, 6) is -0.381. The van der Waals surface area contributed by atoms with Crippen LogP contribution in [0.2, 0.25) is 0 Å². The standard InChI is InChI=1S/C27H24N2O2/c1-4-10-23(11-5-2)29-25(21-16-14-20(19-28)15-17-21)18-24(27(30)31-6-3)26(29)22-12-8-7-9-13-22/h4-5,7-18H,1,6H2,2-3H3/b11-5-,23-10+. The Morgan fingerprint density at radius 2 is 1.84 bits per heavy atom. The van der Waals surface area contributed by atoms with Gasteiger partial charge in [0.05, 0.1) is 35.2 Å². The normalized spacial score (nSPS) is 11.3. The molecular formula is C27H24N2O2. The van der Waals surface area contributed by atoms with E-state index in [1.807, 2.05) is 78.2 Å². The number of nitriles is 1. The number of rotatable bonds is 7. The number of benzene rings is 2. The Labute approximate surface area is 183 Å². The van der Waals surface area contributed by atoms with Crippen LogP contribution in [0.25, 0.3) is 28.2 Å². The summed E-state index contributed by atoms with van der Waals surface area (Å²) in [7, 11) is 0. The van der Waals surface area contributed by atoms with Crippen LogP contribution in [0.4, 0.5) is 0 Å². The van der Waals surface area contributed by atoms with E-state index in [9.17, 15) is 4.79 Å². The fraction of sp³-hybridized carbons (Fsp3) is 0.111. The molecule has 0 atom stereocenters. The highest BCUT2D eigenvalue weighted by Gasteiger charge is 2.24. The molecule has 0 unspecified atom stereocenters. The Morgan fingerprint density at radius 3 is 2.42 bits per heavy atom. The lowest BCUT2D eigenvalue weighted by molar-refractivity contribution is 0.0527. The summed E-state index contributed by atoms with van der Waals surface area (Å²) in [5, 5.41) is 9.16. The largest absolute Gasteiger partial charge is 0.462 e. The molecule has 0 aliphatic heterocycles. The van der Waals surface area contributed by atoms with E-state index < -0.39 is 0 Å². The van der Waals surface area contributed by atoms with Gasteiger partial charge in [0.25, 0.3) is 0 Å². The summed E-state index contributed by atoms with van der Waals surface area (Å²) in [6.07, 6.45) is 7.53. The predicted molar refractivity (Wildman–Crippen MR) is 125 cm³/mol. The Hall–Kier alpha value is -4.10. The van der Waals surface area contributed by atoms with Gasteiger partial charge in [0.15, 0.2) is 0 Å². The minimum atomic E-state index is -0.381. The Bertz CT molecular complexity index is 1170. The molecule has 0 saturated carbocycles. The van der Waals surface area contributed by atoms with Crippen molar-refractivity contribution in [3.05, 3.63) is 103 Å². The molecular weight excluding hydrogens is 384 g/mol. The lowest BCUT2D eigenvalue weighted by atomic mass is 10.1. The van der Waals surface area contributed by atoms with Crippen LogP contribution in [-0.4, -0.2) is 17.1 Å². The van der Waals surface area contributed by atoms with E-state index >= 15 is 0 Å². The van der Waals surface area contributed by atoms with Crippen LogP contribution in [0, 0.1) is 11.3 Å². The maximum atomic E-state index is 12.9. The number of carbonyl (C=O) groups excluding carboxylic acids is 1. The molecule has 0 aliphatic rings. The maximum Gasteiger partial charge on any atom is 0.340 e. The molecule has 31 heavy (non-hydrogen) atoms. The number of hydrogen-bond donors (Lipinski definition) is 0. The van der Waals surface area contributed by atoms with Gasteiger partial charge < -0.3 is 9.30 Å². The topological polar surface area (TPSA) is 55.0 Å². The highest BCUT2D eigenvalue weighted by atomic mass is 16.5. The first-order chi connectivity index (χ1) is 15.1. The minimum Gasteiger partial charge on any atom is -0.462 e. The summed E-state index contributed by atoms with van der Waals surface area (Å²) < 4.78 is 7.41. The number of allylic oxidation sites excluding steroid dienone is 5. The number of aromatic nitrogens is 1. The van der Waals surface area contributed by atoms with Crippen molar-refractivity contribution in [3.8, 4) is 28.6 Å². The molecule has 0 amide bonds. The van der Waals surface area contributed by atoms with Crippen LogP contribution < -0.4 is 0 Å². The summed E-state index contributed by atoms with van der Waals surface area (Å²) in [6.45, 7) is 7.88. The van der Waals surface area contributed by atoms with E-state index in [4.69, 9.17) is 10.00 Å². The van der Waals surface area contributed by atoms with Crippen molar-refractivity contribution in [3.63, 3.8) is 0 Å². The molecule has 3 aromatic rings. The van der Waals surface area contributed by atoms with Crippen molar-refractivity contribution in [2.45, 2.75) is 13.8 Å². The van der Waals surface area contributed by atoms with Crippen molar-refractivity contribution in [1.82, 2.24) is 4.57 Å². The van der Waals surface area contributed by atoms with Crippen LogP contribution >= 0.6 is 0 Å². The van der Waals surface area contributed by atoms with Gasteiger partial charge in [0.2, 0.25) is 0 Å². The molecule has 2 aromatic carbocycles. The SMILES string of the molecule is C=C/C=C(\C=C/C)n1c(-c2ccc(C#N)cc2)cc(C(=O)OCC)c1-c1ccccc1. The van der Waals surface area contributed by atoms with Gasteiger partial charge in [-0.15, -0.1) is 0 Å². The van der Waals surface area contributed by atoms with Crippen molar-refractivity contribution in [2.24, 2.45) is 0 Å². The number of nitrogens with zero attached hydrogens (tertiary/aromatic N) is 2. The number of ether oxygens (including phenoxy) is 1. The number of esters is 1. The Morgan fingerprint density at radius 1 is 1.13 bits per heavy atom. The highest BCUT2D eigenvalue weighted by molar-refractivity contribution is 6.00. The highest BCUT2D eigenvalue weighted by Crippen LogP contribution is 2.36. The van der Waals surface area contributed by atoms with Crippen LogP contribution in [0.5, 0.6) is 0 Å². The summed E-state index contributed by atoms with van der Waals surface area (Å²) >= 11 is 0. The molecule has 154 valence electrons. The van der Waals surface area contributed by atoms with Crippen LogP contribution in [0.1, 0.15) is 29.8 Å². The van der Waals surface area contributed by atoms with Crippen LogP contribution in [0.15, 0.2) is 91.5 Å². The summed E-state index contributed by atoms with van der Waals surface area (Å²) in [5.41, 5.74) is 5.24. The molecule has 4 heteroatoms. The third kappa shape index (κ3) is 4.57. The van der Waals surface area contributed by atoms with Gasteiger partial charge in [-0.25, -0.2) is 4.79 Å². The fourth-order valence-electron chi connectivity index (χ4n) is 3.45. The molecule has 1 heterocycles. The van der Waals surface area contributed by atoms with E-state index in [1.54, 1.807) is 25.1 Å². The summed E-state index contributed by atoms with van der Waals surface area (Å²) in [4.78, 5) is 12.9. The van der Waals surface area contributed by atoms with Crippen LogP contribution in [-0.2, 0) is 4.74 Å². The summed E-state index contributed by atoms with van der Waals surface area (Å²) in [6, 6.07) is 21.1. The molecule has 0 aliphatic carbocycles. The average molecular weight is 409 g/mol. The van der Waals surface area contributed by atoms with Crippen molar-refractivity contribution >= 4 is 11.7 Å². The molecule has 0 bridgehead atoms. The Balaban J connectivity index is 2.41. The first-order valence-electron chi connectivity index (χ1n) is 10.1. The van der Waals surface area contributed by atoms with Crippen molar-refractivity contribution in [2.75, 3.05) is 6.61 Å². The van der Waals surface area contributed by atoms with Crippen molar-refractivity contribution < 1.29 is 9.53 Å². The molecule has 0 N–H and O–H groups in total. The van der Waals surface area contributed by atoms with Gasteiger partial charge in [0.1, 0.15) is 0 Å². The van der Waals surface area contributed by atoms with E-state index in [2.05, 4.69) is 12.6 Å². The van der Waals surface area contributed by atoms with Gasteiger partial charge >= 0.3 is 5.97 Å². The predicted octanol–water partition coefficient (Wildman–Crippen LogP) is 6.47. The molecule has 0 fully saturated rings. The van der Waals surface area contributed by atoms with E-state index in [-0.39, 0.29) is 12.6 Å².